The van der Waals surface area contributed by atoms with E-state index in [2.05, 4.69) is 10.3 Å². The van der Waals surface area contributed by atoms with Crippen molar-refractivity contribution in [2.75, 3.05) is 7.11 Å². The second-order valence-corrected chi connectivity index (χ2v) is 7.15. The van der Waals surface area contributed by atoms with Gasteiger partial charge in [0.1, 0.15) is 18.1 Å². The summed E-state index contributed by atoms with van der Waals surface area (Å²) in [6.07, 6.45) is 3.27. The molecule has 0 saturated carbocycles. The molecule has 0 saturated heterocycles. The van der Waals surface area contributed by atoms with Crippen molar-refractivity contribution in [3.8, 4) is 11.5 Å². The van der Waals surface area contributed by atoms with Gasteiger partial charge < -0.3 is 14.8 Å². The van der Waals surface area contributed by atoms with Crippen molar-refractivity contribution in [3.05, 3.63) is 81.8 Å². The largest absolute Gasteiger partial charge is 0.497 e. The van der Waals surface area contributed by atoms with Gasteiger partial charge in [0, 0.05) is 23.6 Å². The number of carbonyl (C=O) groups is 1. The van der Waals surface area contributed by atoms with Gasteiger partial charge in [-0.3, -0.25) is 4.79 Å². The highest BCUT2D eigenvalue weighted by Crippen LogP contribution is 2.21. The Morgan fingerprint density at radius 1 is 1.18 bits per heavy atom. The number of aryl methyl sites for hydroxylation is 1. The van der Waals surface area contributed by atoms with Crippen molar-refractivity contribution < 1.29 is 14.3 Å². The minimum atomic E-state index is -0.166. The van der Waals surface area contributed by atoms with Gasteiger partial charge in [-0.25, -0.2) is 4.98 Å². The molecule has 0 radical (unpaired) electrons. The van der Waals surface area contributed by atoms with Crippen LogP contribution in [0, 0.1) is 6.92 Å². The summed E-state index contributed by atoms with van der Waals surface area (Å²) in [5, 5.41) is 5.87. The first-order valence-electron chi connectivity index (χ1n) is 8.86. The predicted octanol–water partition coefficient (Wildman–Crippen LogP) is 4.37. The SMILES string of the molecule is COc1ccc(CNC(=O)/C=C/c2ccccc2OCc2csc(C)n2)cc1. The van der Waals surface area contributed by atoms with Crippen LogP contribution in [0.3, 0.4) is 0 Å². The number of thiazole rings is 1. The molecule has 0 unspecified atom stereocenters. The van der Waals surface area contributed by atoms with E-state index in [1.165, 1.54) is 6.08 Å². The quantitative estimate of drug-likeness (QED) is 0.577. The average Bonchev–Trinajstić information content (AvgIpc) is 3.15. The van der Waals surface area contributed by atoms with Crippen molar-refractivity contribution in [2.24, 2.45) is 0 Å². The third-order valence-corrected chi connectivity index (χ3v) is 4.82. The monoisotopic (exact) mass is 394 g/mol. The van der Waals surface area contributed by atoms with Crippen LogP contribution in [0.4, 0.5) is 0 Å². The van der Waals surface area contributed by atoms with E-state index < -0.39 is 0 Å². The third kappa shape index (κ3) is 5.69. The summed E-state index contributed by atoms with van der Waals surface area (Å²) in [5.74, 6) is 1.34. The first-order chi connectivity index (χ1) is 13.6. The molecule has 1 amide bonds. The van der Waals surface area contributed by atoms with Crippen LogP contribution < -0.4 is 14.8 Å². The molecule has 6 heteroatoms. The highest BCUT2D eigenvalue weighted by molar-refractivity contribution is 7.09. The maximum atomic E-state index is 12.1. The maximum Gasteiger partial charge on any atom is 0.244 e. The van der Waals surface area contributed by atoms with E-state index in [0.29, 0.717) is 18.9 Å². The lowest BCUT2D eigenvalue weighted by atomic mass is 10.2. The van der Waals surface area contributed by atoms with Gasteiger partial charge in [0.05, 0.1) is 17.8 Å². The van der Waals surface area contributed by atoms with E-state index in [9.17, 15) is 4.79 Å². The fourth-order valence-electron chi connectivity index (χ4n) is 2.53. The standard InChI is InChI=1S/C22H22N2O3S/c1-16-24-19(15-28-16)14-27-21-6-4-3-5-18(21)9-12-22(25)23-13-17-7-10-20(26-2)11-8-17/h3-12,15H,13-14H2,1-2H3,(H,23,25)/b12-9+. The molecule has 3 aromatic rings. The Labute approximate surface area is 168 Å². The van der Waals surface area contributed by atoms with Gasteiger partial charge in [0.25, 0.3) is 0 Å². The van der Waals surface area contributed by atoms with E-state index in [0.717, 1.165) is 27.6 Å². The number of para-hydroxylation sites is 1. The molecule has 1 aromatic heterocycles. The summed E-state index contributed by atoms with van der Waals surface area (Å²) in [5.41, 5.74) is 2.75. The number of nitrogens with one attached hydrogen (secondary N) is 1. The smallest absolute Gasteiger partial charge is 0.244 e. The van der Waals surface area contributed by atoms with Crippen LogP contribution >= 0.6 is 11.3 Å². The maximum absolute atomic E-state index is 12.1. The molecule has 0 spiro atoms. The molecule has 1 N–H and O–H groups in total. The molecule has 0 bridgehead atoms. The highest BCUT2D eigenvalue weighted by atomic mass is 32.1. The first kappa shape index (κ1) is 19.6. The van der Waals surface area contributed by atoms with Gasteiger partial charge >= 0.3 is 0 Å². The lowest BCUT2D eigenvalue weighted by Gasteiger charge is -2.08. The summed E-state index contributed by atoms with van der Waals surface area (Å²) in [7, 11) is 1.63. The van der Waals surface area contributed by atoms with Gasteiger partial charge in [-0.2, -0.15) is 0 Å². The second kappa shape index (κ2) is 9.71. The average molecular weight is 394 g/mol. The van der Waals surface area contributed by atoms with Gasteiger partial charge in [-0.1, -0.05) is 30.3 Å². The number of amides is 1. The molecule has 144 valence electrons. The molecule has 28 heavy (non-hydrogen) atoms. The Morgan fingerprint density at radius 2 is 1.96 bits per heavy atom. The second-order valence-electron chi connectivity index (χ2n) is 6.08. The minimum absolute atomic E-state index is 0.166. The number of benzene rings is 2. The fourth-order valence-corrected chi connectivity index (χ4v) is 3.13. The van der Waals surface area contributed by atoms with Crippen molar-refractivity contribution in [1.82, 2.24) is 10.3 Å². The zero-order chi connectivity index (χ0) is 19.8. The Bertz CT molecular complexity index is 948. The van der Waals surface area contributed by atoms with Gasteiger partial charge in [0.15, 0.2) is 0 Å². The summed E-state index contributed by atoms with van der Waals surface area (Å²) in [4.78, 5) is 16.5. The molecule has 0 aliphatic heterocycles. The summed E-state index contributed by atoms with van der Waals surface area (Å²) in [6, 6.07) is 15.2. The zero-order valence-corrected chi connectivity index (χ0v) is 16.7. The Hall–Kier alpha value is -3.12. The summed E-state index contributed by atoms with van der Waals surface area (Å²) in [6.45, 7) is 2.82. The molecule has 0 atom stereocenters. The van der Waals surface area contributed by atoms with E-state index >= 15 is 0 Å². The van der Waals surface area contributed by atoms with Crippen molar-refractivity contribution in [3.63, 3.8) is 0 Å². The highest BCUT2D eigenvalue weighted by Gasteiger charge is 2.04. The number of hydrogen-bond acceptors (Lipinski definition) is 5. The number of carbonyl (C=O) groups excluding carboxylic acids is 1. The van der Waals surface area contributed by atoms with Crippen molar-refractivity contribution >= 4 is 23.3 Å². The number of hydrogen-bond donors (Lipinski definition) is 1. The topological polar surface area (TPSA) is 60.5 Å². The number of nitrogens with zero attached hydrogens (tertiary/aromatic N) is 1. The fraction of sp³-hybridized carbons (Fsp3) is 0.182. The minimum Gasteiger partial charge on any atom is -0.497 e. The van der Waals surface area contributed by atoms with Crippen LogP contribution in [0.2, 0.25) is 0 Å². The molecule has 0 aliphatic carbocycles. The predicted molar refractivity (Wildman–Crippen MR) is 111 cm³/mol. The van der Waals surface area contributed by atoms with E-state index in [-0.39, 0.29) is 5.91 Å². The van der Waals surface area contributed by atoms with Crippen molar-refractivity contribution in [2.45, 2.75) is 20.1 Å². The lowest BCUT2D eigenvalue weighted by molar-refractivity contribution is -0.116. The Morgan fingerprint density at radius 3 is 2.68 bits per heavy atom. The molecule has 5 nitrogen and oxygen atoms in total. The van der Waals surface area contributed by atoms with Crippen LogP contribution in [-0.4, -0.2) is 18.0 Å². The number of ether oxygens (including phenoxy) is 2. The first-order valence-corrected chi connectivity index (χ1v) is 9.73. The number of rotatable bonds is 8. The lowest BCUT2D eigenvalue weighted by Crippen LogP contribution is -2.20. The van der Waals surface area contributed by atoms with Crippen molar-refractivity contribution in [1.29, 1.82) is 0 Å². The number of aromatic nitrogens is 1. The third-order valence-electron chi connectivity index (χ3n) is 4.00. The van der Waals surface area contributed by atoms with Crippen LogP contribution in [-0.2, 0) is 17.9 Å². The van der Waals surface area contributed by atoms with Gasteiger partial charge in [-0.05, 0) is 36.8 Å². The van der Waals surface area contributed by atoms with Gasteiger partial charge in [-0.15, -0.1) is 11.3 Å². The Balaban J connectivity index is 1.56. The van der Waals surface area contributed by atoms with E-state index in [1.54, 1.807) is 24.5 Å². The van der Waals surface area contributed by atoms with Crippen LogP contribution in [0.1, 0.15) is 21.8 Å². The van der Waals surface area contributed by atoms with Gasteiger partial charge in [0.2, 0.25) is 5.91 Å². The van der Waals surface area contributed by atoms with E-state index in [1.807, 2.05) is 60.8 Å². The van der Waals surface area contributed by atoms with Crippen LogP contribution in [0.5, 0.6) is 11.5 Å². The molecule has 0 aliphatic rings. The summed E-state index contributed by atoms with van der Waals surface area (Å²) < 4.78 is 11.0. The summed E-state index contributed by atoms with van der Waals surface area (Å²) >= 11 is 1.60. The Kier molecular flexibility index (Phi) is 6.81. The molecule has 3 rings (SSSR count). The molecule has 2 aromatic carbocycles. The molecular formula is C22H22N2O3S. The zero-order valence-electron chi connectivity index (χ0n) is 15.8. The number of methoxy groups -OCH3 is 1. The molecule has 1 heterocycles. The van der Waals surface area contributed by atoms with Crippen LogP contribution in [0.15, 0.2) is 60.0 Å². The normalized spacial score (nSPS) is 10.8. The van der Waals surface area contributed by atoms with Crippen LogP contribution in [0.25, 0.3) is 6.08 Å². The molecule has 0 fully saturated rings. The molecular weight excluding hydrogens is 372 g/mol. The van der Waals surface area contributed by atoms with E-state index in [4.69, 9.17) is 9.47 Å².